The topological polar surface area (TPSA) is 66.7 Å². The van der Waals surface area contributed by atoms with Crippen molar-refractivity contribution in [3.8, 4) is 0 Å². The normalized spacial score (nSPS) is 20.4. The van der Waals surface area contributed by atoms with Crippen molar-refractivity contribution in [2.24, 2.45) is 0 Å². The molecule has 6 nitrogen and oxygen atoms in total. The van der Waals surface area contributed by atoms with Crippen LogP contribution in [0.1, 0.15) is 17.0 Å². The molecule has 2 heterocycles. The van der Waals surface area contributed by atoms with Gasteiger partial charge in [-0.1, -0.05) is 23.7 Å². The number of quaternary nitrogens is 2. The third kappa shape index (κ3) is 4.81. The number of aryl methyl sites for hydroxylation is 2. The molecule has 1 fully saturated rings. The molecule has 134 valence electrons. The highest BCUT2D eigenvalue weighted by molar-refractivity contribution is 6.30. The maximum Gasteiger partial charge on any atom is 0.279 e. The van der Waals surface area contributed by atoms with Gasteiger partial charge in [0.25, 0.3) is 5.91 Å². The summed E-state index contributed by atoms with van der Waals surface area (Å²) in [6, 6.07) is 8.08. The van der Waals surface area contributed by atoms with Crippen molar-refractivity contribution in [3.05, 3.63) is 46.2 Å². The van der Waals surface area contributed by atoms with Gasteiger partial charge >= 0.3 is 0 Å². The number of aromatic amines is 1. The number of H-pyrrole nitrogens is 1. The van der Waals surface area contributed by atoms with Crippen LogP contribution < -0.4 is 15.1 Å². The van der Waals surface area contributed by atoms with Gasteiger partial charge in [0, 0.05) is 10.6 Å². The molecule has 3 rings (SSSR count). The van der Waals surface area contributed by atoms with Gasteiger partial charge in [-0.05, 0) is 26.0 Å². The van der Waals surface area contributed by atoms with Crippen molar-refractivity contribution in [2.45, 2.75) is 20.4 Å². The van der Waals surface area contributed by atoms with Gasteiger partial charge in [-0.15, -0.1) is 0 Å². The lowest BCUT2D eigenvalue weighted by Crippen LogP contribution is -3.28. The number of carbonyl (C=O) groups is 1. The maximum atomic E-state index is 12.3. The second-order valence-corrected chi connectivity index (χ2v) is 7.27. The smallest absolute Gasteiger partial charge is 0.279 e. The Morgan fingerprint density at radius 1 is 1.16 bits per heavy atom. The SMILES string of the molecule is Cc1n[nH]c(C)c1NC(=O)C[NH+]1CC[NH+](Cc2ccc(Cl)cc2)CC1. The Labute approximate surface area is 153 Å². The van der Waals surface area contributed by atoms with Crippen molar-refractivity contribution in [2.75, 3.05) is 38.0 Å². The first-order valence-corrected chi connectivity index (χ1v) is 9.12. The van der Waals surface area contributed by atoms with Crippen LogP contribution in [0.2, 0.25) is 5.02 Å². The minimum absolute atomic E-state index is 0.0590. The van der Waals surface area contributed by atoms with Crippen LogP contribution in [0.15, 0.2) is 24.3 Å². The Morgan fingerprint density at radius 2 is 1.80 bits per heavy atom. The largest absolute Gasteiger partial charge is 0.322 e. The van der Waals surface area contributed by atoms with Crippen molar-refractivity contribution in [1.82, 2.24) is 10.2 Å². The predicted molar refractivity (Wildman–Crippen MR) is 98.1 cm³/mol. The molecule has 1 aromatic carbocycles. The zero-order valence-electron chi connectivity index (χ0n) is 14.8. The van der Waals surface area contributed by atoms with Crippen molar-refractivity contribution < 1.29 is 14.6 Å². The fraction of sp³-hybridized carbons (Fsp3) is 0.444. The molecule has 0 atom stereocenters. The minimum atomic E-state index is 0.0590. The highest BCUT2D eigenvalue weighted by Crippen LogP contribution is 2.15. The lowest BCUT2D eigenvalue weighted by atomic mass is 10.2. The third-order valence-electron chi connectivity index (χ3n) is 4.83. The molecule has 0 saturated carbocycles. The highest BCUT2D eigenvalue weighted by Gasteiger charge is 2.25. The number of carbonyl (C=O) groups excluding carboxylic acids is 1. The molecule has 25 heavy (non-hydrogen) atoms. The van der Waals surface area contributed by atoms with Crippen LogP contribution in [0, 0.1) is 13.8 Å². The molecular weight excluding hydrogens is 338 g/mol. The summed E-state index contributed by atoms with van der Waals surface area (Å²) in [7, 11) is 0. The van der Waals surface area contributed by atoms with Gasteiger partial charge in [-0.3, -0.25) is 9.89 Å². The summed E-state index contributed by atoms with van der Waals surface area (Å²) >= 11 is 5.94. The summed E-state index contributed by atoms with van der Waals surface area (Å²) < 4.78 is 0. The summed E-state index contributed by atoms with van der Waals surface area (Å²) in [5.41, 5.74) is 3.86. The Kier molecular flexibility index (Phi) is 5.73. The maximum absolute atomic E-state index is 12.3. The molecule has 1 aliphatic rings. The van der Waals surface area contributed by atoms with E-state index in [9.17, 15) is 4.79 Å². The first kappa shape index (κ1) is 17.9. The van der Waals surface area contributed by atoms with Gasteiger partial charge in [-0.25, -0.2) is 0 Å². The fourth-order valence-electron chi connectivity index (χ4n) is 3.35. The Hall–Kier alpha value is -1.89. The van der Waals surface area contributed by atoms with E-state index >= 15 is 0 Å². The van der Waals surface area contributed by atoms with Gasteiger partial charge in [-0.2, -0.15) is 5.10 Å². The van der Waals surface area contributed by atoms with Gasteiger partial charge in [0.2, 0.25) is 0 Å². The molecule has 0 aliphatic carbocycles. The van der Waals surface area contributed by atoms with E-state index in [1.807, 2.05) is 26.0 Å². The Morgan fingerprint density at radius 3 is 2.40 bits per heavy atom. The average molecular weight is 364 g/mol. The minimum Gasteiger partial charge on any atom is -0.322 e. The first-order valence-electron chi connectivity index (χ1n) is 8.74. The van der Waals surface area contributed by atoms with Crippen molar-refractivity contribution >= 4 is 23.2 Å². The fourth-order valence-corrected chi connectivity index (χ4v) is 3.47. The molecular formula is C18H26ClN5O+2. The lowest BCUT2D eigenvalue weighted by molar-refractivity contribution is -1.02. The van der Waals surface area contributed by atoms with E-state index < -0.39 is 0 Å². The second-order valence-electron chi connectivity index (χ2n) is 6.84. The van der Waals surface area contributed by atoms with E-state index in [4.69, 9.17) is 11.6 Å². The number of nitrogens with zero attached hydrogens (tertiary/aromatic N) is 1. The van der Waals surface area contributed by atoms with Crippen LogP contribution >= 0.6 is 11.6 Å². The summed E-state index contributed by atoms with van der Waals surface area (Å²) in [6.07, 6.45) is 0. The monoisotopic (exact) mass is 363 g/mol. The molecule has 7 heteroatoms. The van der Waals surface area contributed by atoms with Crippen LogP contribution in [0.3, 0.4) is 0 Å². The summed E-state index contributed by atoms with van der Waals surface area (Å²) in [4.78, 5) is 15.2. The van der Waals surface area contributed by atoms with Crippen LogP contribution in [-0.2, 0) is 11.3 Å². The molecule has 0 bridgehead atoms. The molecule has 0 radical (unpaired) electrons. The van der Waals surface area contributed by atoms with E-state index in [0.717, 1.165) is 54.8 Å². The van der Waals surface area contributed by atoms with Gasteiger partial charge in [0.15, 0.2) is 6.54 Å². The summed E-state index contributed by atoms with van der Waals surface area (Å²) in [5.74, 6) is 0.0590. The Bertz CT molecular complexity index is 700. The standard InChI is InChI=1S/C18H24ClN5O/c1-13-18(14(2)22-21-13)20-17(25)12-24-9-7-23(8-10-24)11-15-3-5-16(19)6-4-15/h3-6H,7-12H2,1-2H3,(H,20,25)(H,21,22)/p+2. The molecule has 2 aromatic rings. The van der Waals surface area contributed by atoms with Crippen LogP contribution in [-0.4, -0.2) is 48.8 Å². The van der Waals surface area contributed by atoms with E-state index in [2.05, 4.69) is 27.6 Å². The van der Waals surface area contributed by atoms with Gasteiger partial charge in [0.1, 0.15) is 32.7 Å². The molecule has 1 aromatic heterocycles. The van der Waals surface area contributed by atoms with Gasteiger partial charge in [0.05, 0.1) is 17.1 Å². The Balaban J connectivity index is 1.44. The molecule has 0 unspecified atom stereocenters. The van der Waals surface area contributed by atoms with E-state index in [-0.39, 0.29) is 5.91 Å². The number of benzene rings is 1. The van der Waals surface area contributed by atoms with Crippen LogP contribution in [0.4, 0.5) is 5.69 Å². The first-order chi connectivity index (χ1) is 12.0. The zero-order valence-corrected chi connectivity index (χ0v) is 15.5. The number of anilines is 1. The highest BCUT2D eigenvalue weighted by atomic mass is 35.5. The zero-order chi connectivity index (χ0) is 17.8. The number of rotatable bonds is 5. The summed E-state index contributed by atoms with van der Waals surface area (Å²) in [5, 5.41) is 10.8. The number of halogens is 1. The second kappa shape index (κ2) is 7.99. The van der Waals surface area contributed by atoms with Crippen molar-refractivity contribution in [1.29, 1.82) is 0 Å². The predicted octanol–water partition coefficient (Wildman–Crippen LogP) is -0.398. The van der Waals surface area contributed by atoms with Gasteiger partial charge < -0.3 is 15.1 Å². The van der Waals surface area contributed by atoms with E-state index in [1.54, 1.807) is 4.90 Å². The molecule has 1 amide bonds. The average Bonchev–Trinajstić information content (AvgIpc) is 2.90. The van der Waals surface area contributed by atoms with Crippen LogP contribution in [0.25, 0.3) is 0 Å². The molecule has 0 spiro atoms. The number of hydrogen-bond donors (Lipinski definition) is 4. The molecule has 1 saturated heterocycles. The van der Waals surface area contributed by atoms with E-state index in [1.165, 1.54) is 10.5 Å². The van der Waals surface area contributed by atoms with E-state index in [0.29, 0.717) is 6.54 Å². The number of piperazine rings is 1. The summed E-state index contributed by atoms with van der Waals surface area (Å²) in [6.45, 7) is 9.53. The van der Waals surface area contributed by atoms with Crippen molar-refractivity contribution in [3.63, 3.8) is 0 Å². The quantitative estimate of drug-likeness (QED) is 0.584. The third-order valence-corrected chi connectivity index (χ3v) is 5.09. The van der Waals surface area contributed by atoms with Crippen LogP contribution in [0.5, 0.6) is 0 Å². The molecule has 1 aliphatic heterocycles. The lowest BCUT2D eigenvalue weighted by Gasteiger charge is -2.29. The number of amides is 1. The number of nitrogens with one attached hydrogen (secondary N) is 4. The molecule has 4 N–H and O–H groups in total. The number of hydrogen-bond acceptors (Lipinski definition) is 2. The number of aromatic nitrogens is 2.